The van der Waals surface area contributed by atoms with E-state index in [9.17, 15) is 8.78 Å². The van der Waals surface area contributed by atoms with Crippen molar-refractivity contribution < 1.29 is 23.0 Å². The van der Waals surface area contributed by atoms with Gasteiger partial charge in [0.15, 0.2) is 6.35 Å². The number of hydrazine groups is 1. The number of rotatable bonds is 6. The third kappa shape index (κ3) is 5.60. The fraction of sp³-hybridized carbons (Fsp3) is 1.00. The maximum Gasteiger partial charge on any atom is 0.166 e. The summed E-state index contributed by atoms with van der Waals surface area (Å²) in [5.74, 6) is 0.199. The summed E-state index contributed by atoms with van der Waals surface area (Å²) < 4.78 is 45.0. The van der Waals surface area contributed by atoms with Crippen LogP contribution in [0.2, 0.25) is 0 Å². The van der Waals surface area contributed by atoms with Gasteiger partial charge in [0.05, 0.1) is 38.3 Å². The van der Waals surface area contributed by atoms with Crippen molar-refractivity contribution in [1.82, 2.24) is 26.0 Å². The molecule has 8 nitrogen and oxygen atoms in total. The van der Waals surface area contributed by atoms with Gasteiger partial charge in [0.2, 0.25) is 0 Å². The molecule has 32 heavy (non-hydrogen) atoms. The van der Waals surface area contributed by atoms with Gasteiger partial charge in [0.1, 0.15) is 12.3 Å². The zero-order chi connectivity index (χ0) is 21.9. The van der Waals surface area contributed by atoms with Gasteiger partial charge >= 0.3 is 0 Å². The van der Waals surface area contributed by atoms with E-state index in [1.54, 1.807) is 0 Å². The summed E-state index contributed by atoms with van der Waals surface area (Å²) in [7, 11) is 0. The highest BCUT2D eigenvalue weighted by atomic mass is 19.2. The predicted molar refractivity (Wildman–Crippen MR) is 115 cm³/mol. The quantitative estimate of drug-likeness (QED) is 0.546. The molecule has 184 valence electrons. The average Bonchev–Trinajstić information content (AvgIpc) is 3.52. The number of halogens is 2. The van der Waals surface area contributed by atoms with Crippen LogP contribution in [0.5, 0.6) is 0 Å². The van der Waals surface area contributed by atoms with Crippen molar-refractivity contribution in [3.8, 4) is 0 Å². The Labute approximate surface area is 189 Å². The van der Waals surface area contributed by atoms with Crippen LogP contribution in [0, 0.1) is 5.92 Å². The van der Waals surface area contributed by atoms with Crippen LogP contribution < -0.4 is 16.1 Å². The van der Waals surface area contributed by atoms with Crippen molar-refractivity contribution >= 4 is 0 Å². The van der Waals surface area contributed by atoms with Gasteiger partial charge in [-0.1, -0.05) is 0 Å². The molecule has 5 rings (SSSR count). The standard InChI is InChI=1S/C22H39F2N5O3/c23-17-4-3-15(12-18(17)24)19-5-6-29(27-19)21-13-20(28-7-10-30-11-8-28)25-22(26-21)32-14-16-2-1-9-31-16/h15-22,25-27H,1-14H2. The second-order valence-corrected chi connectivity index (χ2v) is 9.92. The molecular formula is C22H39F2N5O3. The number of nitrogens with zero attached hydrogens (tertiary/aromatic N) is 2. The van der Waals surface area contributed by atoms with E-state index in [1.165, 1.54) is 0 Å². The molecule has 4 heterocycles. The van der Waals surface area contributed by atoms with Gasteiger partial charge in [0.25, 0.3) is 0 Å². The van der Waals surface area contributed by atoms with Gasteiger partial charge in [-0.05, 0) is 44.4 Å². The minimum Gasteiger partial charge on any atom is -0.379 e. The first kappa shape index (κ1) is 23.3. The molecule has 0 radical (unpaired) electrons. The fourth-order valence-electron chi connectivity index (χ4n) is 5.86. The largest absolute Gasteiger partial charge is 0.379 e. The smallest absolute Gasteiger partial charge is 0.166 e. The van der Waals surface area contributed by atoms with Gasteiger partial charge in [-0.3, -0.25) is 21.0 Å². The van der Waals surface area contributed by atoms with Gasteiger partial charge in [-0.25, -0.2) is 13.8 Å². The van der Waals surface area contributed by atoms with Crippen LogP contribution in [-0.2, 0) is 14.2 Å². The lowest BCUT2D eigenvalue weighted by Crippen LogP contribution is -2.69. The van der Waals surface area contributed by atoms with Crippen molar-refractivity contribution in [3.05, 3.63) is 0 Å². The monoisotopic (exact) mass is 459 g/mol. The first-order chi connectivity index (χ1) is 15.7. The lowest BCUT2D eigenvalue weighted by molar-refractivity contribution is -0.113. The molecule has 8 unspecified atom stereocenters. The third-order valence-electron chi connectivity index (χ3n) is 7.78. The Morgan fingerprint density at radius 1 is 0.875 bits per heavy atom. The zero-order valence-electron chi connectivity index (χ0n) is 18.9. The van der Waals surface area contributed by atoms with Gasteiger partial charge in [-0.15, -0.1) is 0 Å². The molecule has 0 bridgehead atoms. The second-order valence-electron chi connectivity index (χ2n) is 9.92. The Balaban J connectivity index is 1.19. The molecule has 5 fully saturated rings. The SMILES string of the molecule is FC1CCC(C2CCN(C3CC(N4CCOCC4)NC(OCC4CCCO4)N3)N2)CC1F. The summed E-state index contributed by atoms with van der Waals surface area (Å²) in [6, 6.07) is 0.213. The Morgan fingerprint density at radius 3 is 2.50 bits per heavy atom. The normalized spacial score (nSPS) is 44.8. The van der Waals surface area contributed by atoms with E-state index < -0.39 is 12.3 Å². The number of hydrogen-bond donors (Lipinski definition) is 3. The van der Waals surface area contributed by atoms with Crippen molar-refractivity contribution in [2.24, 2.45) is 5.92 Å². The van der Waals surface area contributed by atoms with Crippen molar-refractivity contribution in [2.75, 3.05) is 46.1 Å². The zero-order valence-corrected chi connectivity index (χ0v) is 18.9. The Bertz CT molecular complexity index is 596. The van der Waals surface area contributed by atoms with E-state index in [2.05, 4.69) is 26.0 Å². The van der Waals surface area contributed by atoms with Gasteiger partial charge < -0.3 is 14.2 Å². The van der Waals surface area contributed by atoms with Crippen molar-refractivity contribution in [2.45, 2.75) is 88.1 Å². The Morgan fingerprint density at radius 2 is 1.72 bits per heavy atom. The molecule has 5 aliphatic rings. The van der Waals surface area contributed by atoms with E-state index in [0.717, 1.165) is 71.6 Å². The molecule has 0 spiro atoms. The molecule has 0 amide bonds. The maximum absolute atomic E-state index is 14.0. The van der Waals surface area contributed by atoms with E-state index in [1.807, 2.05) is 0 Å². The molecule has 3 N–H and O–H groups in total. The Kier molecular flexibility index (Phi) is 7.90. The highest BCUT2D eigenvalue weighted by molar-refractivity contribution is 4.92. The molecule has 8 atom stereocenters. The summed E-state index contributed by atoms with van der Waals surface area (Å²) in [5.41, 5.74) is 3.64. The van der Waals surface area contributed by atoms with Crippen LogP contribution in [0.3, 0.4) is 0 Å². The lowest BCUT2D eigenvalue weighted by atomic mass is 9.81. The number of alkyl halides is 2. The summed E-state index contributed by atoms with van der Waals surface area (Å²) >= 11 is 0. The molecule has 0 aromatic rings. The van der Waals surface area contributed by atoms with E-state index in [-0.39, 0.29) is 36.7 Å². The van der Waals surface area contributed by atoms with Crippen molar-refractivity contribution in [1.29, 1.82) is 0 Å². The predicted octanol–water partition coefficient (Wildman–Crippen LogP) is 1.09. The minimum atomic E-state index is -1.32. The van der Waals surface area contributed by atoms with Crippen molar-refractivity contribution in [3.63, 3.8) is 0 Å². The molecule has 0 aromatic heterocycles. The maximum atomic E-state index is 14.0. The number of hydrogen-bond acceptors (Lipinski definition) is 8. The molecule has 10 heteroatoms. The molecule has 4 saturated heterocycles. The van der Waals surface area contributed by atoms with E-state index >= 15 is 0 Å². The Hall–Kier alpha value is -0.460. The van der Waals surface area contributed by atoms with E-state index in [4.69, 9.17) is 14.2 Å². The first-order valence-corrected chi connectivity index (χ1v) is 12.5. The van der Waals surface area contributed by atoms with Gasteiger partial charge in [-0.2, -0.15) is 0 Å². The topological polar surface area (TPSA) is 70.3 Å². The van der Waals surface area contributed by atoms with Crippen LogP contribution in [0.15, 0.2) is 0 Å². The molecule has 1 saturated carbocycles. The fourth-order valence-corrected chi connectivity index (χ4v) is 5.86. The average molecular weight is 460 g/mol. The van der Waals surface area contributed by atoms with Crippen LogP contribution in [0.25, 0.3) is 0 Å². The lowest BCUT2D eigenvalue weighted by Gasteiger charge is -2.46. The summed E-state index contributed by atoms with van der Waals surface area (Å²) in [6.45, 7) is 5.61. The molecular weight excluding hydrogens is 420 g/mol. The molecule has 4 aliphatic heterocycles. The van der Waals surface area contributed by atoms with Crippen LogP contribution in [0.1, 0.15) is 44.9 Å². The summed E-state index contributed by atoms with van der Waals surface area (Å²) in [4.78, 5) is 2.43. The summed E-state index contributed by atoms with van der Waals surface area (Å²) in [6.07, 6.45) is 3.05. The van der Waals surface area contributed by atoms with Gasteiger partial charge in [0, 0.05) is 38.7 Å². The minimum absolute atomic E-state index is 0.0993. The number of morpholine rings is 1. The first-order valence-electron chi connectivity index (χ1n) is 12.5. The molecule has 0 aromatic carbocycles. The van der Waals surface area contributed by atoms with E-state index in [0.29, 0.717) is 19.4 Å². The van der Waals surface area contributed by atoms with Crippen LogP contribution in [-0.4, -0.2) is 99.1 Å². The van der Waals surface area contributed by atoms with Crippen LogP contribution >= 0.6 is 0 Å². The number of ether oxygens (including phenoxy) is 3. The highest BCUT2D eigenvalue weighted by Gasteiger charge is 2.41. The van der Waals surface area contributed by atoms with Crippen LogP contribution in [0.4, 0.5) is 8.78 Å². The number of nitrogens with one attached hydrogen (secondary N) is 3. The molecule has 1 aliphatic carbocycles. The third-order valence-corrected chi connectivity index (χ3v) is 7.78. The second kappa shape index (κ2) is 10.9. The summed E-state index contributed by atoms with van der Waals surface area (Å²) in [5, 5.41) is 9.49. The highest BCUT2D eigenvalue weighted by Crippen LogP contribution is 2.34.